The van der Waals surface area contributed by atoms with E-state index in [4.69, 9.17) is 0 Å². The molecule has 0 aromatic rings. The molecular formula is C12H21N3O2. The summed E-state index contributed by atoms with van der Waals surface area (Å²) in [6.07, 6.45) is 3.98. The lowest BCUT2D eigenvalue weighted by molar-refractivity contribution is -0.156. The lowest BCUT2D eigenvalue weighted by Crippen LogP contribution is -2.70. The normalized spacial score (nSPS) is 42.6. The Morgan fingerprint density at radius 1 is 1.24 bits per heavy atom. The molecular weight excluding hydrogens is 218 g/mol. The van der Waals surface area contributed by atoms with Crippen LogP contribution >= 0.6 is 0 Å². The Morgan fingerprint density at radius 3 is 2.71 bits per heavy atom. The molecule has 3 atom stereocenters. The summed E-state index contributed by atoms with van der Waals surface area (Å²) in [5.74, 6) is -0.628. The van der Waals surface area contributed by atoms with Crippen molar-refractivity contribution in [3.8, 4) is 0 Å². The fraction of sp³-hybridized carbons (Fsp3) is 0.917. The van der Waals surface area contributed by atoms with Gasteiger partial charge in [0.1, 0.15) is 5.54 Å². The number of carboxylic acid groups (broad SMARTS) is 1. The quantitative estimate of drug-likeness (QED) is 0.613. The highest BCUT2D eigenvalue weighted by atomic mass is 16.4. The Hall–Kier alpha value is -0.650. The Kier molecular flexibility index (Phi) is 2.84. The number of nitrogens with zero attached hydrogens (tertiary/aromatic N) is 1. The van der Waals surface area contributed by atoms with Gasteiger partial charge >= 0.3 is 5.97 Å². The molecule has 5 heteroatoms. The lowest BCUT2D eigenvalue weighted by Gasteiger charge is -2.48. The van der Waals surface area contributed by atoms with E-state index >= 15 is 0 Å². The number of nitrogens with one attached hydrogen (secondary N) is 2. The highest BCUT2D eigenvalue weighted by Crippen LogP contribution is 2.39. The highest BCUT2D eigenvalue weighted by Gasteiger charge is 2.55. The highest BCUT2D eigenvalue weighted by molar-refractivity contribution is 5.80. The number of piperidine rings is 1. The van der Waals surface area contributed by atoms with E-state index in [1.54, 1.807) is 0 Å². The van der Waals surface area contributed by atoms with Gasteiger partial charge in [-0.1, -0.05) is 0 Å². The minimum atomic E-state index is -0.644. The molecule has 3 aliphatic heterocycles. The van der Waals surface area contributed by atoms with Crippen molar-refractivity contribution in [3.05, 3.63) is 0 Å². The first kappa shape index (κ1) is 11.4. The number of aliphatic carboxylic acids is 1. The van der Waals surface area contributed by atoms with Crippen LogP contribution in [0.3, 0.4) is 0 Å². The van der Waals surface area contributed by atoms with Gasteiger partial charge in [-0.25, -0.2) is 0 Å². The summed E-state index contributed by atoms with van der Waals surface area (Å²) >= 11 is 0. The molecule has 0 aromatic carbocycles. The topological polar surface area (TPSA) is 64.6 Å². The van der Waals surface area contributed by atoms with Crippen LogP contribution in [-0.4, -0.2) is 59.8 Å². The smallest absolute Gasteiger partial charge is 0.325 e. The molecule has 3 saturated heterocycles. The average molecular weight is 239 g/mol. The number of hydrogen-bond acceptors (Lipinski definition) is 4. The Labute approximate surface area is 102 Å². The van der Waals surface area contributed by atoms with Crippen molar-refractivity contribution in [2.75, 3.05) is 26.2 Å². The van der Waals surface area contributed by atoms with Crippen molar-refractivity contribution in [3.63, 3.8) is 0 Å². The van der Waals surface area contributed by atoms with E-state index in [0.717, 1.165) is 51.9 Å². The van der Waals surface area contributed by atoms with Gasteiger partial charge in [0.2, 0.25) is 0 Å². The van der Waals surface area contributed by atoms with Crippen LogP contribution in [0.25, 0.3) is 0 Å². The predicted octanol–water partition coefficient (Wildman–Crippen LogP) is -0.371. The SMILES string of the molecule is O=C(O)C1(N2CCNCC2)CCC2CCC1N2. The summed E-state index contributed by atoms with van der Waals surface area (Å²) in [4.78, 5) is 14.1. The third kappa shape index (κ3) is 1.68. The summed E-state index contributed by atoms with van der Waals surface area (Å²) in [7, 11) is 0. The van der Waals surface area contributed by atoms with Crippen molar-refractivity contribution in [2.45, 2.75) is 43.3 Å². The maximum atomic E-state index is 11.9. The molecule has 17 heavy (non-hydrogen) atoms. The molecule has 0 aromatic heterocycles. The van der Waals surface area contributed by atoms with Gasteiger partial charge in [0, 0.05) is 38.3 Å². The molecule has 0 spiro atoms. The first-order valence-corrected chi connectivity index (χ1v) is 6.69. The monoisotopic (exact) mass is 239 g/mol. The van der Waals surface area contributed by atoms with Gasteiger partial charge in [0.05, 0.1) is 0 Å². The molecule has 3 rings (SSSR count). The predicted molar refractivity (Wildman–Crippen MR) is 64.0 cm³/mol. The fourth-order valence-electron chi connectivity index (χ4n) is 3.83. The van der Waals surface area contributed by atoms with E-state index < -0.39 is 11.5 Å². The Bertz CT molecular complexity index is 317. The van der Waals surface area contributed by atoms with Crippen LogP contribution in [0.15, 0.2) is 0 Å². The number of carboxylic acids is 1. The van der Waals surface area contributed by atoms with Gasteiger partial charge in [0.25, 0.3) is 0 Å². The number of hydrogen-bond donors (Lipinski definition) is 3. The van der Waals surface area contributed by atoms with E-state index in [1.807, 2.05) is 0 Å². The van der Waals surface area contributed by atoms with E-state index in [2.05, 4.69) is 15.5 Å². The van der Waals surface area contributed by atoms with Gasteiger partial charge in [-0.3, -0.25) is 9.69 Å². The van der Waals surface area contributed by atoms with Crippen LogP contribution in [0, 0.1) is 0 Å². The van der Waals surface area contributed by atoms with Gasteiger partial charge in [-0.2, -0.15) is 0 Å². The molecule has 3 unspecified atom stereocenters. The first-order valence-electron chi connectivity index (χ1n) is 6.69. The molecule has 0 aliphatic carbocycles. The van der Waals surface area contributed by atoms with Crippen molar-refractivity contribution in [2.24, 2.45) is 0 Å². The van der Waals surface area contributed by atoms with Crippen molar-refractivity contribution in [1.82, 2.24) is 15.5 Å². The number of piperazine rings is 1. The summed E-state index contributed by atoms with van der Waals surface area (Å²) < 4.78 is 0. The molecule has 5 nitrogen and oxygen atoms in total. The molecule has 2 bridgehead atoms. The Balaban J connectivity index is 1.88. The fourth-order valence-corrected chi connectivity index (χ4v) is 3.83. The van der Waals surface area contributed by atoms with Gasteiger partial charge in [-0.15, -0.1) is 0 Å². The van der Waals surface area contributed by atoms with Crippen molar-refractivity contribution in [1.29, 1.82) is 0 Å². The minimum Gasteiger partial charge on any atom is -0.480 e. The van der Waals surface area contributed by atoms with Gasteiger partial charge in [0.15, 0.2) is 0 Å². The molecule has 3 heterocycles. The van der Waals surface area contributed by atoms with E-state index in [9.17, 15) is 9.90 Å². The van der Waals surface area contributed by atoms with E-state index in [-0.39, 0.29) is 6.04 Å². The summed E-state index contributed by atoms with van der Waals surface area (Å²) in [6.45, 7) is 3.53. The average Bonchev–Trinajstić information content (AvgIpc) is 2.74. The standard InChI is InChI=1S/C12H21N3O2/c16-11(17)12(15-7-5-13-6-8-15)4-3-9-1-2-10(12)14-9/h9-10,13-14H,1-8H2,(H,16,17). The third-order valence-electron chi connectivity index (χ3n) is 4.74. The lowest BCUT2D eigenvalue weighted by atomic mass is 9.81. The second kappa shape index (κ2) is 4.23. The third-order valence-corrected chi connectivity index (χ3v) is 4.74. The molecule has 0 radical (unpaired) electrons. The van der Waals surface area contributed by atoms with Crippen LogP contribution in [0.5, 0.6) is 0 Å². The number of carbonyl (C=O) groups is 1. The van der Waals surface area contributed by atoms with E-state index in [1.165, 1.54) is 0 Å². The van der Waals surface area contributed by atoms with Crippen LogP contribution in [0.4, 0.5) is 0 Å². The summed E-state index contributed by atoms with van der Waals surface area (Å²) in [6, 6.07) is 0.715. The second-order valence-corrected chi connectivity index (χ2v) is 5.50. The molecule has 3 fully saturated rings. The van der Waals surface area contributed by atoms with Crippen LogP contribution in [-0.2, 0) is 4.79 Å². The first-order chi connectivity index (χ1) is 8.23. The second-order valence-electron chi connectivity index (χ2n) is 5.50. The molecule has 0 amide bonds. The zero-order chi connectivity index (χ0) is 11.9. The van der Waals surface area contributed by atoms with Crippen LogP contribution < -0.4 is 10.6 Å². The van der Waals surface area contributed by atoms with Crippen LogP contribution in [0.1, 0.15) is 25.7 Å². The molecule has 96 valence electrons. The zero-order valence-electron chi connectivity index (χ0n) is 10.1. The van der Waals surface area contributed by atoms with Gasteiger partial charge in [-0.05, 0) is 25.7 Å². The molecule has 3 N–H and O–H groups in total. The minimum absolute atomic E-state index is 0.150. The zero-order valence-corrected chi connectivity index (χ0v) is 10.1. The van der Waals surface area contributed by atoms with Crippen LogP contribution in [0.2, 0.25) is 0 Å². The maximum Gasteiger partial charge on any atom is 0.325 e. The van der Waals surface area contributed by atoms with Crippen molar-refractivity contribution >= 4 is 5.97 Å². The number of rotatable bonds is 2. The van der Waals surface area contributed by atoms with Crippen molar-refractivity contribution < 1.29 is 9.90 Å². The molecule has 0 saturated carbocycles. The largest absolute Gasteiger partial charge is 0.480 e. The van der Waals surface area contributed by atoms with Gasteiger partial charge < -0.3 is 15.7 Å². The maximum absolute atomic E-state index is 11.9. The number of fused-ring (bicyclic) bond motifs is 2. The van der Waals surface area contributed by atoms with E-state index in [0.29, 0.717) is 6.04 Å². The Morgan fingerprint density at radius 2 is 2.00 bits per heavy atom. The molecule has 3 aliphatic rings. The summed E-state index contributed by atoms with van der Waals surface area (Å²) in [5.41, 5.74) is -0.644. The summed E-state index contributed by atoms with van der Waals surface area (Å²) in [5, 5.41) is 16.6.